The summed E-state index contributed by atoms with van der Waals surface area (Å²) in [5.41, 5.74) is 1.05. The number of aliphatic hydroxyl groups excluding tert-OH is 4. The minimum absolute atomic E-state index is 0.0258. The third-order valence-corrected chi connectivity index (χ3v) is 5.03. The van der Waals surface area contributed by atoms with E-state index < -0.39 is 36.9 Å². The van der Waals surface area contributed by atoms with Crippen LogP contribution in [-0.4, -0.2) is 66.8 Å². The Morgan fingerprint density at radius 1 is 0.862 bits per heavy atom. The van der Waals surface area contributed by atoms with Gasteiger partial charge < -0.3 is 40.5 Å². The van der Waals surface area contributed by atoms with E-state index in [1.54, 1.807) is 24.3 Å². The van der Waals surface area contributed by atoms with Crippen LogP contribution in [0.4, 0.5) is 0 Å². The lowest BCUT2D eigenvalue weighted by Gasteiger charge is -2.39. The topological polar surface area (TPSA) is 151 Å². The van der Waals surface area contributed by atoms with E-state index in [0.29, 0.717) is 5.56 Å². The lowest BCUT2D eigenvalue weighted by atomic mass is 9.81. The number of aliphatic hydroxyl groups is 4. The van der Waals surface area contributed by atoms with E-state index >= 15 is 0 Å². The second kappa shape index (κ2) is 8.71. The first kappa shape index (κ1) is 20.9. The molecule has 1 fully saturated rings. The van der Waals surface area contributed by atoms with Gasteiger partial charge in [-0.05, 0) is 30.2 Å². The number of rotatable bonds is 5. The Morgan fingerprint density at radius 3 is 2.21 bits per heavy atom. The van der Waals surface area contributed by atoms with Gasteiger partial charge in [0.15, 0.2) is 11.5 Å². The maximum atomic E-state index is 10.3. The molecule has 1 saturated carbocycles. The molecule has 0 amide bonds. The highest BCUT2D eigenvalue weighted by Crippen LogP contribution is 2.39. The van der Waals surface area contributed by atoms with Gasteiger partial charge in [-0.25, -0.2) is 0 Å². The summed E-state index contributed by atoms with van der Waals surface area (Å²) in [6.07, 6.45) is -1.94. The highest BCUT2D eigenvalue weighted by atomic mass is 16.5. The number of phenolic OH excluding ortho intramolecular Hbond substituents is 3. The number of benzene rings is 2. The van der Waals surface area contributed by atoms with Crippen LogP contribution in [0.3, 0.4) is 0 Å². The molecule has 156 valence electrons. The summed E-state index contributed by atoms with van der Waals surface area (Å²) in [6.45, 7) is -0.403. The molecular weight excluding hydrogens is 380 g/mol. The second-order valence-corrected chi connectivity index (χ2v) is 7.11. The van der Waals surface area contributed by atoms with E-state index in [1.807, 2.05) is 0 Å². The zero-order valence-corrected chi connectivity index (χ0v) is 15.5. The first-order valence-corrected chi connectivity index (χ1v) is 9.15. The van der Waals surface area contributed by atoms with Crippen LogP contribution in [0.25, 0.3) is 12.2 Å². The fraction of sp³-hybridized carbons (Fsp3) is 0.333. The van der Waals surface area contributed by atoms with E-state index in [4.69, 9.17) is 4.74 Å². The molecule has 29 heavy (non-hydrogen) atoms. The average molecular weight is 404 g/mol. The fourth-order valence-corrected chi connectivity index (χ4v) is 3.37. The standard InChI is InChI=1S/C21H24O8/c22-10-13-8-17(19(27)20(28)18(13)26)29-21-12(7-15(24)9-16(21)25)4-1-11-2-5-14(23)6-3-11/h1-7,9,13,17-20,22-28H,8,10H2/b4-1+/t13-,17-,18-,19+,20+/m1/s1. The van der Waals surface area contributed by atoms with Gasteiger partial charge in [0.2, 0.25) is 0 Å². The maximum Gasteiger partial charge on any atom is 0.168 e. The summed E-state index contributed by atoms with van der Waals surface area (Å²) < 4.78 is 5.76. The van der Waals surface area contributed by atoms with Crippen molar-refractivity contribution in [3.63, 3.8) is 0 Å². The van der Waals surface area contributed by atoms with Crippen LogP contribution in [0.2, 0.25) is 0 Å². The average Bonchev–Trinajstić information content (AvgIpc) is 2.69. The first-order valence-electron chi connectivity index (χ1n) is 9.15. The molecule has 8 nitrogen and oxygen atoms in total. The lowest BCUT2D eigenvalue weighted by Crippen LogP contribution is -2.56. The highest BCUT2D eigenvalue weighted by molar-refractivity contribution is 5.75. The maximum absolute atomic E-state index is 10.3. The van der Waals surface area contributed by atoms with E-state index in [-0.39, 0.29) is 29.4 Å². The van der Waals surface area contributed by atoms with Crippen LogP contribution in [0.5, 0.6) is 23.0 Å². The predicted molar refractivity (Wildman–Crippen MR) is 104 cm³/mol. The summed E-state index contributed by atoms with van der Waals surface area (Å²) in [5.74, 6) is -1.18. The van der Waals surface area contributed by atoms with Crippen molar-refractivity contribution in [2.24, 2.45) is 5.92 Å². The zero-order chi connectivity index (χ0) is 21.1. The van der Waals surface area contributed by atoms with Crippen molar-refractivity contribution in [1.82, 2.24) is 0 Å². The monoisotopic (exact) mass is 404 g/mol. The number of aromatic hydroxyl groups is 3. The van der Waals surface area contributed by atoms with Crippen LogP contribution >= 0.6 is 0 Å². The van der Waals surface area contributed by atoms with Gasteiger partial charge in [-0.1, -0.05) is 24.3 Å². The van der Waals surface area contributed by atoms with Crippen molar-refractivity contribution >= 4 is 12.2 Å². The van der Waals surface area contributed by atoms with Gasteiger partial charge in [0.1, 0.15) is 29.8 Å². The summed E-state index contributed by atoms with van der Waals surface area (Å²) in [6, 6.07) is 8.80. The molecule has 1 aliphatic carbocycles. The number of ether oxygens (including phenoxy) is 1. The second-order valence-electron chi connectivity index (χ2n) is 7.11. The van der Waals surface area contributed by atoms with Crippen LogP contribution in [0.15, 0.2) is 36.4 Å². The molecule has 2 aromatic carbocycles. The zero-order valence-electron chi connectivity index (χ0n) is 15.5. The van der Waals surface area contributed by atoms with Gasteiger partial charge in [-0.3, -0.25) is 0 Å². The summed E-state index contributed by atoms with van der Waals surface area (Å²) >= 11 is 0. The van der Waals surface area contributed by atoms with Gasteiger partial charge in [-0.2, -0.15) is 0 Å². The Bertz CT molecular complexity index is 862. The number of phenols is 3. The van der Waals surface area contributed by atoms with E-state index in [2.05, 4.69) is 0 Å². The van der Waals surface area contributed by atoms with Crippen molar-refractivity contribution in [3.05, 3.63) is 47.5 Å². The fourth-order valence-electron chi connectivity index (χ4n) is 3.37. The Kier molecular flexibility index (Phi) is 6.29. The summed E-state index contributed by atoms with van der Waals surface area (Å²) in [5, 5.41) is 69.1. The van der Waals surface area contributed by atoms with E-state index in [9.17, 15) is 35.7 Å². The number of hydrogen-bond acceptors (Lipinski definition) is 8. The Balaban J connectivity index is 1.89. The molecular formula is C21H24O8. The van der Waals surface area contributed by atoms with Crippen molar-refractivity contribution in [1.29, 1.82) is 0 Å². The van der Waals surface area contributed by atoms with Crippen molar-refractivity contribution in [3.8, 4) is 23.0 Å². The van der Waals surface area contributed by atoms with Gasteiger partial charge in [-0.15, -0.1) is 0 Å². The minimum atomic E-state index is -1.51. The first-order chi connectivity index (χ1) is 13.8. The molecule has 5 atom stereocenters. The molecule has 7 N–H and O–H groups in total. The third kappa shape index (κ3) is 4.63. The molecule has 1 aliphatic rings. The van der Waals surface area contributed by atoms with Gasteiger partial charge >= 0.3 is 0 Å². The Hall–Kier alpha value is -2.78. The minimum Gasteiger partial charge on any atom is -0.508 e. The Morgan fingerprint density at radius 2 is 1.55 bits per heavy atom. The van der Waals surface area contributed by atoms with Crippen molar-refractivity contribution in [2.75, 3.05) is 6.61 Å². The van der Waals surface area contributed by atoms with Crippen molar-refractivity contribution in [2.45, 2.75) is 30.8 Å². The third-order valence-electron chi connectivity index (χ3n) is 5.03. The molecule has 0 aliphatic heterocycles. The number of hydrogen-bond donors (Lipinski definition) is 7. The van der Waals surface area contributed by atoms with Gasteiger partial charge in [0.25, 0.3) is 0 Å². The lowest BCUT2D eigenvalue weighted by molar-refractivity contribution is -0.157. The quantitative estimate of drug-likeness (QED) is 0.362. The van der Waals surface area contributed by atoms with Crippen LogP contribution < -0.4 is 4.74 Å². The Labute approximate surface area is 167 Å². The summed E-state index contributed by atoms with van der Waals surface area (Å²) in [4.78, 5) is 0. The van der Waals surface area contributed by atoms with E-state index in [0.717, 1.165) is 11.6 Å². The van der Waals surface area contributed by atoms with Crippen LogP contribution in [-0.2, 0) is 0 Å². The smallest absolute Gasteiger partial charge is 0.168 e. The molecule has 2 aromatic rings. The van der Waals surface area contributed by atoms with Gasteiger partial charge in [0.05, 0.1) is 6.10 Å². The van der Waals surface area contributed by atoms with Gasteiger partial charge in [0, 0.05) is 24.2 Å². The SMILES string of the molecule is OC[C@H]1C[C@@H](Oc2c(O)cc(O)cc2/C=C/c2ccc(O)cc2)[C@H](O)[C@@H](O)[C@@H]1O. The predicted octanol–water partition coefficient (Wildman–Crippen LogP) is 0.816. The molecule has 8 heteroatoms. The van der Waals surface area contributed by atoms with Crippen molar-refractivity contribution < 1.29 is 40.5 Å². The largest absolute Gasteiger partial charge is 0.508 e. The molecule has 0 heterocycles. The summed E-state index contributed by atoms with van der Waals surface area (Å²) in [7, 11) is 0. The molecule has 0 saturated heterocycles. The molecule has 0 aromatic heterocycles. The highest BCUT2D eigenvalue weighted by Gasteiger charge is 2.44. The van der Waals surface area contributed by atoms with E-state index in [1.165, 1.54) is 18.2 Å². The van der Waals surface area contributed by atoms with Crippen LogP contribution in [0, 0.1) is 5.92 Å². The normalized spacial score (nSPS) is 27.2. The molecule has 0 spiro atoms. The molecule has 0 bridgehead atoms. The molecule has 0 radical (unpaired) electrons. The van der Waals surface area contributed by atoms with Crippen LogP contribution in [0.1, 0.15) is 17.5 Å². The molecule has 3 rings (SSSR count). The molecule has 0 unspecified atom stereocenters.